The highest BCUT2D eigenvalue weighted by Crippen LogP contribution is 2.35. The van der Waals surface area contributed by atoms with Crippen LogP contribution in [-0.2, 0) is 9.53 Å². The van der Waals surface area contributed by atoms with Gasteiger partial charge in [0.25, 0.3) is 0 Å². The number of thioether (sulfide) groups is 1. The number of aromatic carboxylic acids is 1. The van der Waals surface area contributed by atoms with Gasteiger partial charge < -0.3 is 9.84 Å². The zero-order valence-corrected chi connectivity index (χ0v) is 15.3. The first-order valence-corrected chi connectivity index (χ1v) is 9.51. The lowest BCUT2D eigenvalue weighted by molar-refractivity contribution is -0.152. The lowest BCUT2D eigenvalue weighted by Gasteiger charge is -2.36. The second kappa shape index (κ2) is 8.56. The van der Waals surface area contributed by atoms with Gasteiger partial charge in [0.1, 0.15) is 6.10 Å². The van der Waals surface area contributed by atoms with Gasteiger partial charge in [0.2, 0.25) is 0 Å². The molecule has 1 fully saturated rings. The van der Waals surface area contributed by atoms with Crippen LogP contribution in [-0.4, -0.2) is 28.9 Å². The van der Waals surface area contributed by atoms with Crippen LogP contribution in [0, 0.1) is 17.8 Å². The number of carboxylic acids is 1. The molecule has 1 N–H and O–H groups in total. The fourth-order valence-electron chi connectivity index (χ4n) is 3.36. The minimum Gasteiger partial charge on any atom is -0.478 e. The summed E-state index contributed by atoms with van der Waals surface area (Å²) in [5, 5.41) is 9.19. The van der Waals surface area contributed by atoms with Gasteiger partial charge in [0, 0.05) is 4.90 Å². The van der Waals surface area contributed by atoms with Crippen molar-refractivity contribution >= 4 is 23.7 Å². The number of carbonyl (C=O) groups excluding carboxylic acids is 1. The quantitative estimate of drug-likeness (QED) is 0.605. The van der Waals surface area contributed by atoms with Gasteiger partial charge in [-0.15, -0.1) is 11.8 Å². The number of esters is 1. The van der Waals surface area contributed by atoms with E-state index in [2.05, 4.69) is 20.8 Å². The van der Waals surface area contributed by atoms with Crippen molar-refractivity contribution in [1.82, 2.24) is 0 Å². The van der Waals surface area contributed by atoms with E-state index in [1.54, 1.807) is 24.3 Å². The van der Waals surface area contributed by atoms with Gasteiger partial charge >= 0.3 is 11.9 Å². The number of hydrogen-bond acceptors (Lipinski definition) is 4. The summed E-state index contributed by atoms with van der Waals surface area (Å²) in [6, 6.07) is 6.73. The summed E-state index contributed by atoms with van der Waals surface area (Å²) in [4.78, 5) is 24.1. The van der Waals surface area contributed by atoms with E-state index in [0.717, 1.165) is 12.8 Å². The summed E-state index contributed by atoms with van der Waals surface area (Å²) < 4.78 is 5.75. The highest BCUT2D eigenvalue weighted by atomic mass is 32.2. The minimum absolute atomic E-state index is 0.0171. The molecular weight excluding hydrogens is 324 g/mol. The molecule has 0 unspecified atom stereocenters. The van der Waals surface area contributed by atoms with Crippen molar-refractivity contribution in [3.05, 3.63) is 29.8 Å². The van der Waals surface area contributed by atoms with Crippen LogP contribution in [0.3, 0.4) is 0 Å². The van der Waals surface area contributed by atoms with Crippen molar-refractivity contribution < 1.29 is 19.4 Å². The first-order valence-electron chi connectivity index (χ1n) is 8.53. The van der Waals surface area contributed by atoms with E-state index in [-0.39, 0.29) is 23.4 Å². The summed E-state index contributed by atoms with van der Waals surface area (Å²) >= 11 is 1.23. The van der Waals surface area contributed by atoms with E-state index in [9.17, 15) is 14.7 Å². The maximum Gasteiger partial charge on any atom is 0.336 e. The van der Waals surface area contributed by atoms with Crippen LogP contribution in [0.15, 0.2) is 29.2 Å². The Bertz CT molecular complexity index is 584. The summed E-state index contributed by atoms with van der Waals surface area (Å²) in [5.41, 5.74) is 0.224. The molecule has 0 bridgehead atoms. The first-order chi connectivity index (χ1) is 11.4. The molecule has 1 aromatic carbocycles. The second-order valence-corrected chi connectivity index (χ2v) is 7.96. The predicted octanol–water partition coefficient (Wildman–Crippen LogP) is 4.48. The lowest BCUT2D eigenvalue weighted by atomic mass is 9.75. The largest absolute Gasteiger partial charge is 0.478 e. The molecule has 1 aliphatic rings. The fourth-order valence-corrected chi connectivity index (χ4v) is 4.19. The SMILES string of the molecule is CC(C)[C@H]1CC[C@H](C)C[C@H]1OC(=O)CSc1ccccc1C(=O)O. The molecule has 0 amide bonds. The van der Waals surface area contributed by atoms with Crippen molar-refractivity contribution in [1.29, 1.82) is 0 Å². The molecule has 3 atom stereocenters. The molecule has 0 saturated heterocycles. The van der Waals surface area contributed by atoms with E-state index in [1.807, 2.05) is 0 Å². The predicted molar refractivity (Wildman–Crippen MR) is 95.3 cm³/mol. The highest BCUT2D eigenvalue weighted by Gasteiger charge is 2.33. The molecule has 1 saturated carbocycles. The third-order valence-electron chi connectivity index (χ3n) is 4.71. The molecule has 2 rings (SSSR count). The van der Waals surface area contributed by atoms with E-state index >= 15 is 0 Å². The van der Waals surface area contributed by atoms with Gasteiger partial charge in [0.15, 0.2) is 0 Å². The smallest absolute Gasteiger partial charge is 0.336 e. The average Bonchev–Trinajstić information content (AvgIpc) is 2.53. The standard InChI is InChI=1S/C19H26O4S/c1-12(2)14-9-8-13(3)10-16(14)23-18(20)11-24-17-7-5-4-6-15(17)19(21)22/h4-7,12-14,16H,8-11H2,1-3H3,(H,21,22)/t13-,14+,16+/m0/s1. The Kier molecular flexibility index (Phi) is 6.72. The van der Waals surface area contributed by atoms with Crippen LogP contribution < -0.4 is 0 Å². The van der Waals surface area contributed by atoms with E-state index < -0.39 is 5.97 Å². The van der Waals surface area contributed by atoms with Crippen LogP contribution >= 0.6 is 11.8 Å². The maximum absolute atomic E-state index is 12.3. The van der Waals surface area contributed by atoms with E-state index in [0.29, 0.717) is 22.6 Å². The lowest BCUT2D eigenvalue weighted by Crippen LogP contribution is -2.36. The highest BCUT2D eigenvalue weighted by molar-refractivity contribution is 8.00. The summed E-state index contributed by atoms with van der Waals surface area (Å²) in [6.07, 6.45) is 3.20. The monoisotopic (exact) mass is 350 g/mol. The number of benzene rings is 1. The zero-order chi connectivity index (χ0) is 17.7. The summed E-state index contributed by atoms with van der Waals surface area (Å²) in [5.74, 6) is 0.396. The minimum atomic E-state index is -0.979. The van der Waals surface area contributed by atoms with Gasteiger partial charge in [0.05, 0.1) is 11.3 Å². The Labute approximate surface area is 148 Å². The molecule has 132 valence electrons. The number of hydrogen-bond donors (Lipinski definition) is 1. The normalized spacial score (nSPS) is 23.9. The van der Waals surface area contributed by atoms with Crippen LogP contribution in [0.25, 0.3) is 0 Å². The van der Waals surface area contributed by atoms with Crippen LogP contribution in [0.1, 0.15) is 50.4 Å². The van der Waals surface area contributed by atoms with Crippen LogP contribution in [0.5, 0.6) is 0 Å². The van der Waals surface area contributed by atoms with Crippen molar-refractivity contribution in [2.45, 2.75) is 51.0 Å². The Morgan fingerprint density at radius 2 is 2.00 bits per heavy atom. The molecule has 24 heavy (non-hydrogen) atoms. The molecular formula is C19H26O4S. The van der Waals surface area contributed by atoms with Gasteiger partial charge in [-0.2, -0.15) is 0 Å². The Morgan fingerprint density at radius 3 is 2.67 bits per heavy atom. The Morgan fingerprint density at radius 1 is 1.29 bits per heavy atom. The third-order valence-corrected chi connectivity index (χ3v) is 5.75. The van der Waals surface area contributed by atoms with Crippen molar-refractivity contribution in [2.75, 3.05) is 5.75 Å². The molecule has 1 aliphatic carbocycles. The second-order valence-electron chi connectivity index (χ2n) is 6.94. The third kappa shape index (κ3) is 5.00. The summed E-state index contributed by atoms with van der Waals surface area (Å²) in [6.45, 7) is 6.56. The number of carboxylic acid groups (broad SMARTS) is 1. The molecule has 0 aromatic heterocycles. The molecule has 0 spiro atoms. The maximum atomic E-state index is 12.3. The zero-order valence-electron chi connectivity index (χ0n) is 14.5. The molecule has 0 heterocycles. The van der Waals surface area contributed by atoms with E-state index in [4.69, 9.17) is 4.74 Å². The van der Waals surface area contributed by atoms with Gasteiger partial charge in [-0.25, -0.2) is 4.79 Å². The molecule has 0 aliphatic heterocycles. The number of rotatable bonds is 6. The van der Waals surface area contributed by atoms with Crippen molar-refractivity contribution in [2.24, 2.45) is 17.8 Å². The van der Waals surface area contributed by atoms with Crippen molar-refractivity contribution in [3.8, 4) is 0 Å². The Balaban J connectivity index is 1.94. The molecule has 1 aromatic rings. The summed E-state index contributed by atoms with van der Waals surface area (Å²) in [7, 11) is 0. The van der Waals surface area contributed by atoms with E-state index in [1.165, 1.54) is 18.2 Å². The first kappa shape index (κ1) is 18.8. The fraction of sp³-hybridized carbons (Fsp3) is 0.579. The van der Waals surface area contributed by atoms with Crippen molar-refractivity contribution in [3.63, 3.8) is 0 Å². The van der Waals surface area contributed by atoms with Crippen LogP contribution in [0.4, 0.5) is 0 Å². The molecule has 0 radical (unpaired) electrons. The van der Waals surface area contributed by atoms with Crippen LogP contribution in [0.2, 0.25) is 0 Å². The van der Waals surface area contributed by atoms with Gasteiger partial charge in [-0.05, 0) is 42.7 Å². The number of ether oxygens (including phenoxy) is 1. The molecule has 4 nitrogen and oxygen atoms in total. The average molecular weight is 350 g/mol. The van der Waals surface area contributed by atoms with Gasteiger partial charge in [-0.1, -0.05) is 39.3 Å². The number of carbonyl (C=O) groups is 2. The van der Waals surface area contributed by atoms with Gasteiger partial charge in [-0.3, -0.25) is 4.79 Å². The topological polar surface area (TPSA) is 63.6 Å². The Hall–Kier alpha value is -1.49. The molecule has 5 heteroatoms.